The van der Waals surface area contributed by atoms with Gasteiger partial charge in [0, 0.05) is 5.92 Å². The van der Waals surface area contributed by atoms with Crippen LogP contribution in [0, 0.1) is 5.92 Å². The van der Waals surface area contributed by atoms with Crippen molar-refractivity contribution in [2.24, 2.45) is 0 Å². The molecule has 0 nitrogen and oxygen atoms in total. The van der Waals surface area contributed by atoms with Gasteiger partial charge in [0.05, 0.1) is 0 Å². The minimum Gasteiger partial charge on any atom is -0.0622 e. The Bertz CT molecular complexity index is 387. The second kappa shape index (κ2) is 5.67. The van der Waals surface area contributed by atoms with E-state index >= 15 is 0 Å². The highest BCUT2D eigenvalue weighted by atomic mass is 14.2. The summed E-state index contributed by atoms with van der Waals surface area (Å²) in [5, 5.41) is 0. The largest absolute Gasteiger partial charge is 0.0622 e. The maximum absolute atomic E-state index is 2.29. The maximum atomic E-state index is 2.29. The Morgan fingerprint density at radius 2 is 1.41 bits per heavy atom. The van der Waals surface area contributed by atoms with Crippen LogP contribution in [0.15, 0.2) is 60.7 Å². The number of benzene rings is 2. The van der Waals surface area contributed by atoms with Crippen LogP contribution in [0.2, 0.25) is 0 Å². The van der Waals surface area contributed by atoms with Crippen molar-refractivity contribution in [2.75, 3.05) is 0 Å². The molecule has 2 aromatic rings. The number of hydrogen-bond donors (Lipinski definition) is 0. The Labute approximate surface area is 104 Å². The van der Waals surface area contributed by atoms with E-state index in [1.807, 2.05) is 0 Å². The van der Waals surface area contributed by atoms with Gasteiger partial charge in [-0.25, -0.2) is 0 Å². The molecule has 1 unspecified atom stereocenters. The molecule has 0 N–H and O–H groups in total. The highest BCUT2D eigenvalue weighted by Gasteiger charge is 2.12. The van der Waals surface area contributed by atoms with Gasteiger partial charge in [0.25, 0.3) is 0 Å². The Morgan fingerprint density at radius 1 is 0.882 bits per heavy atom. The van der Waals surface area contributed by atoms with E-state index in [0.29, 0.717) is 5.92 Å². The molecule has 0 bridgehead atoms. The summed E-state index contributed by atoms with van der Waals surface area (Å²) in [5.74, 6) is 2.04. The summed E-state index contributed by atoms with van der Waals surface area (Å²) in [6.07, 6.45) is 1.12. The van der Waals surface area contributed by atoms with Crippen molar-refractivity contribution in [3.8, 4) is 0 Å². The second-order valence-corrected chi connectivity index (χ2v) is 4.66. The molecule has 0 fully saturated rings. The van der Waals surface area contributed by atoms with Crippen LogP contribution < -0.4 is 0 Å². The molecule has 87 valence electrons. The third-order valence-electron chi connectivity index (χ3n) is 3.25. The van der Waals surface area contributed by atoms with Gasteiger partial charge in [-0.2, -0.15) is 0 Å². The van der Waals surface area contributed by atoms with Crippen LogP contribution in [-0.2, 0) is 0 Å². The van der Waals surface area contributed by atoms with Gasteiger partial charge < -0.3 is 0 Å². The van der Waals surface area contributed by atoms with Crippen LogP contribution in [0.1, 0.15) is 37.3 Å². The lowest BCUT2D eigenvalue weighted by Gasteiger charge is -2.17. The molecular formula is C17H19. The van der Waals surface area contributed by atoms with Gasteiger partial charge in [0.2, 0.25) is 0 Å². The molecule has 0 aliphatic carbocycles. The first-order valence-electron chi connectivity index (χ1n) is 6.20. The SMILES string of the molecule is C[C](CC(C)c1ccccc1)c1ccccc1. The summed E-state index contributed by atoms with van der Waals surface area (Å²) in [6.45, 7) is 4.52. The highest BCUT2D eigenvalue weighted by Crippen LogP contribution is 2.28. The topological polar surface area (TPSA) is 0 Å². The van der Waals surface area contributed by atoms with Crippen LogP contribution in [0.25, 0.3) is 0 Å². The third kappa shape index (κ3) is 3.20. The van der Waals surface area contributed by atoms with Gasteiger partial charge in [-0.05, 0) is 23.5 Å². The molecule has 0 heteroatoms. The molecule has 0 aromatic heterocycles. The fourth-order valence-corrected chi connectivity index (χ4v) is 2.20. The highest BCUT2D eigenvalue weighted by molar-refractivity contribution is 5.31. The van der Waals surface area contributed by atoms with Crippen molar-refractivity contribution >= 4 is 0 Å². The van der Waals surface area contributed by atoms with E-state index in [2.05, 4.69) is 74.5 Å². The quantitative estimate of drug-likeness (QED) is 0.697. The fourth-order valence-electron chi connectivity index (χ4n) is 2.20. The minimum atomic E-state index is 0.580. The summed E-state index contributed by atoms with van der Waals surface area (Å²) >= 11 is 0. The van der Waals surface area contributed by atoms with Crippen molar-refractivity contribution in [1.82, 2.24) is 0 Å². The predicted octanol–water partition coefficient (Wildman–Crippen LogP) is 4.82. The Balaban J connectivity index is 2.02. The molecule has 1 atom stereocenters. The van der Waals surface area contributed by atoms with Crippen molar-refractivity contribution in [1.29, 1.82) is 0 Å². The molecule has 0 heterocycles. The summed E-state index contributed by atoms with van der Waals surface area (Å²) in [4.78, 5) is 0. The molecule has 0 aliphatic rings. The summed E-state index contributed by atoms with van der Waals surface area (Å²) in [6, 6.07) is 21.4. The van der Waals surface area contributed by atoms with Crippen LogP contribution in [0.3, 0.4) is 0 Å². The zero-order valence-corrected chi connectivity index (χ0v) is 10.6. The molecule has 17 heavy (non-hydrogen) atoms. The monoisotopic (exact) mass is 223 g/mol. The lowest BCUT2D eigenvalue weighted by Crippen LogP contribution is -2.01. The van der Waals surface area contributed by atoms with Crippen LogP contribution in [0.5, 0.6) is 0 Å². The first kappa shape index (κ1) is 11.9. The van der Waals surface area contributed by atoms with Gasteiger partial charge >= 0.3 is 0 Å². The molecule has 0 amide bonds. The Hall–Kier alpha value is -1.56. The zero-order chi connectivity index (χ0) is 12.1. The van der Waals surface area contributed by atoms with Crippen molar-refractivity contribution in [3.63, 3.8) is 0 Å². The molecule has 0 spiro atoms. The smallest absolute Gasteiger partial charge is 0.00248 e. The van der Waals surface area contributed by atoms with Crippen LogP contribution >= 0.6 is 0 Å². The van der Waals surface area contributed by atoms with E-state index in [-0.39, 0.29) is 0 Å². The first-order chi connectivity index (χ1) is 8.27. The third-order valence-corrected chi connectivity index (χ3v) is 3.25. The maximum Gasteiger partial charge on any atom is 0.00248 e. The lowest BCUT2D eigenvalue weighted by atomic mass is 9.87. The minimum absolute atomic E-state index is 0.580. The Morgan fingerprint density at radius 3 is 2.00 bits per heavy atom. The molecule has 0 saturated heterocycles. The number of rotatable bonds is 4. The molecule has 0 saturated carbocycles. The van der Waals surface area contributed by atoms with E-state index in [1.165, 1.54) is 17.0 Å². The fraction of sp³-hybridized carbons (Fsp3) is 0.235. The number of hydrogen-bond acceptors (Lipinski definition) is 0. The van der Waals surface area contributed by atoms with Crippen LogP contribution in [0.4, 0.5) is 0 Å². The molecule has 1 radical (unpaired) electrons. The standard InChI is InChI=1S/C17H19/c1-14(16-9-5-3-6-10-16)13-15(2)17-11-7-4-8-12-17/h3-12,14H,13H2,1-2H3. The molecule has 0 aliphatic heterocycles. The van der Waals surface area contributed by atoms with Gasteiger partial charge in [-0.1, -0.05) is 74.5 Å². The van der Waals surface area contributed by atoms with Crippen molar-refractivity contribution in [2.45, 2.75) is 26.2 Å². The van der Waals surface area contributed by atoms with Gasteiger partial charge in [0.1, 0.15) is 0 Å². The molecule has 2 rings (SSSR count). The van der Waals surface area contributed by atoms with E-state index in [1.54, 1.807) is 0 Å². The zero-order valence-electron chi connectivity index (χ0n) is 10.6. The van der Waals surface area contributed by atoms with E-state index < -0.39 is 0 Å². The summed E-state index contributed by atoms with van der Waals surface area (Å²) in [7, 11) is 0. The average Bonchev–Trinajstić information content (AvgIpc) is 2.40. The van der Waals surface area contributed by atoms with Crippen LogP contribution in [-0.4, -0.2) is 0 Å². The van der Waals surface area contributed by atoms with E-state index in [4.69, 9.17) is 0 Å². The van der Waals surface area contributed by atoms with Gasteiger partial charge in [-0.3, -0.25) is 0 Å². The van der Waals surface area contributed by atoms with Crippen molar-refractivity contribution in [3.05, 3.63) is 77.7 Å². The lowest BCUT2D eigenvalue weighted by molar-refractivity contribution is 0.706. The summed E-state index contributed by atoms with van der Waals surface area (Å²) in [5.41, 5.74) is 2.78. The van der Waals surface area contributed by atoms with E-state index in [0.717, 1.165) is 6.42 Å². The van der Waals surface area contributed by atoms with Crippen molar-refractivity contribution < 1.29 is 0 Å². The van der Waals surface area contributed by atoms with E-state index in [9.17, 15) is 0 Å². The second-order valence-electron chi connectivity index (χ2n) is 4.66. The predicted molar refractivity (Wildman–Crippen MR) is 73.9 cm³/mol. The average molecular weight is 223 g/mol. The van der Waals surface area contributed by atoms with Gasteiger partial charge in [-0.15, -0.1) is 0 Å². The molecular weight excluding hydrogens is 204 g/mol. The Kier molecular flexibility index (Phi) is 3.98. The first-order valence-corrected chi connectivity index (χ1v) is 6.20. The molecule has 2 aromatic carbocycles. The summed E-state index contributed by atoms with van der Waals surface area (Å²) < 4.78 is 0. The van der Waals surface area contributed by atoms with Gasteiger partial charge in [0.15, 0.2) is 0 Å². The normalized spacial score (nSPS) is 12.6.